The monoisotopic (exact) mass is 547 g/mol. The van der Waals surface area contributed by atoms with E-state index >= 15 is 0 Å². The molecular formula is C25H11Br2NO4. The second-order valence-electron chi connectivity index (χ2n) is 7.43. The van der Waals surface area contributed by atoms with Gasteiger partial charge in [-0.25, -0.2) is 0 Å². The molecule has 0 N–H and O–H groups in total. The number of carbonyl (C=O) groups is 2. The van der Waals surface area contributed by atoms with Crippen LogP contribution >= 0.6 is 31.9 Å². The highest BCUT2D eigenvalue weighted by molar-refractivity contribution is 9.13. The molecule has 6 rings (SSSR count). The molecule has 0 amide bonds. The van der Waals surface area contributed by atoms with Crippen molar-refractivity contribution in [2.75, 3.05) is 0 Å². The van der Waals surface area contributed by atoms with Gasteiger partial charge in [-0.1, -0.05) is 30.3 Å². The number of nitrogens with zero attached hydrogens (tertiary/aromatic N) is 1. The topological polar surface area (TPSA) is 73.3 Å². The van der Waals surface area contributed by atoms with E-state index in [1.807, 2.05) is 42.5 Å². The molecule has 0 saturated heterocycles. The standard InChI is InChI=1S/C25H11Br2NO4/c26-18-8-13-6-15-16(7-14(13)9-19(18)27)24(30)17(23(15)29)10-22-28-25-21(31-22)11-20(32-25)12-4-2-1-3-5-12/h1-11H. The lowest BCUT2D eigenvalue weighted by molar-refractivity contribution is 0.0990. The number of carbonyl (C=O) groups excluding carboxylic acids is 2. The highest BCUT2D eigenvalue weighted by Gasteiger charge is 2.34. The van der Waals surface area contributed by atoms with E-state index in [2.05, 4.69) is 36.8 Å². The summed E-state index contributed by atoms with van der Waals surface area (Å²) in [6, 6.07) is 18.7. The number of hydrogen-bond donors (Lipinski definition) is 0. The first kappa shape index (κ1) is 19.4. The van der Waals surface area contributed by atoms with Crippen LogP contribution in [0, 0.1) is 0 Å². The summed E-state index contributed by atoms with van der Waals surface area (Å²) in [4.78, 5) is 30.3. The van der Waals surface area contributed by atoms with E-state index in [9.17, 15) is 9.59 Å². The van der Waals surface area contributed by atoms with Gasteiger partial charge in [-0.05, 0) is 66.9 Å². The minimum atomic E-state index is -0.342. The van der Waals surface area contributed by atoms with Gasteiger partial charge in [0.25, 0.3) is 5.71 Å². The van der Waals surface area contributed by atoms with Crippen molar-refractivity contribution in [1.82, 2.24) is 4.98 Å². The van der Waals surface area contributed by atoms with Crippen molar-refractivity contribution >= 4 is 71.6 Å². The summed E-state index contributed by atoms with van der Waals surface area (Å²) < 4.78 is 13.3. The number of Topliss-reactive ketones (excluding diaryl/α,β-unsaturated/α-hetero) is 2. The first-order chi connectivity index (χ1) is 15.5. The molecule has 1 aliphatic carbocycles. The first-order valence-corrected chi connectivity index (χ1v) is 11.3. The average Bonchev–Trinajstić information content (AvgIpc) is 3.42. The molecule has 0 aliphatic heterocycles. The second-order valence-corrected chi connectivity index (χ2v) is 9.13. The predicted molar refractivity (Wildman–Crippen MR) is 128 cm³/mol. The lowest BCUT2D eigenvalue weighted by Crippen LogP contribution is -2.00. The van der Waals surface area contributed by atoms with Crippen molar-refractivity contribution in [3.8, 4) is 11.3 Å². The molecule has 5 aromatic rings. The molecule has 2 aromatic heterocycles. The average molecular weight is 549 g/mol. The third-order valence-corrected chi connectivity index (χ3v) is 7.27. The van der Waals surface area contributed by atoms with Crippen molar-refractivity contribution in [1.29, 1.82) is 0 Å². The Balaban J connectivity index is 1.39. The Morgan fingerprint density at radius 2 is 1.41 bits per heavy atom. The molecule has 32 heavy (non-hydrogen) atoms. The third kappa shape index (κ3) is 3.00. The Bertz CT molecular complexity index is 1530. The minimum Gasteiger partial charge on any atom is -0.435 e. The van der Waals surface area contributed by atoms with Crippen molar-refractivity contribution in [3.05, 3.63) is 92.2 Å². The van der Waals surface area contributed by atoms with Crippen LogP contribution in [0.2, 0.25) is 0 Å². The maximum absolute atomic E-state index is 13.0. The molecule has 0 saturated carbocycles. The van der Waals surface area contributed by atoms with Crippen molar-refractivity contribution in [2.45, 2.75) is 0 Å². The van der Waals surface area contributed by atoms with E-state index in [1.165, 1.54) is 6.08 Å². The molecule has 5 nitrogen and oxygen atoms in total. The number of hydrogen-bond acceptors (Lipinski definition) is 5. The summed E-state index contributed by atoms with van der Waals surface area (Å²) in [6.45, 7) is 0. The van der Waals surface area contributed by atoms with Gasteiger partial charge in [0.05, 0.1) is 5.57 Å². The van der Waals surface area contributed by atoms with Crippen molar-refractivity contribution < 1.29 is 18.4 Å². The van der Waals surface area contributed by atoms with Gasteiger partial charge in [-0.15, -0.1) is 0 Å². The number of fused-ring (bicyclic) bond motifs is 3. The van der Waals surface area contributed by atoms with Crippen LogP contribution in [-0.2, 0) is 0 Å². The van der Waals surface area contributed by atoms with Gasteiger partial charge in [0, 0.05) is 37.8 Å². The van der Waals surface area contributed by atoms with E-state index in [1.54, 1.807) is 18.2 Å². The van der Waals surface area contributed by atoms with E-state index in [0.29, 0.717) is 28.2 Å². The van der Waals surface area contributed by atoms with Gasteiger partial charge in [-0.2, -0.15) is 4.98 Å². The number of benzene rings is 3. The van der Waals surface area contributed by atoms with Crippen LogP contribution in [0.5, 0.6) is 0 Å². The highest BCUT2D eigenvalue weighted by Crippen LogP contribution is 2.35. The van der Waals surface area contributed by atoms with Gasteiger partial charge in [0.2, 0.25) is 5.89 Å². The van der Waals surface area contributed by atoms with Gasteiger partial charge in [0.15, 0.2) is 17.1 Å². The number of halogens is 2. The van der Waals surface area contributed by atoms with Gasteiger partial charge >= 0.3 is 0 Å². The summed E-state index contributed by atoms with van der Waals surface area (Å²) in [5, 5.41) is 1.73. The molecule has 0 bridgehead atoms. The Morgan fingerprint density at radius 3 is 2.00 bits per heavy atom. The predicted octanol–water partition coefficient (Wildman–Crippen LogP) is 7.23. The molecular weight excluding hydrogens is 538 g/mol. The summed E-state index contributed by atoms with van der Waals surface area (Å²) in [7, 11) is 0. The molecule has 0 atom stereocenters. The van der Waals surface area contributed by atoms with Crippen LogP contribution in [0.3, 0.4) is 0 Å². The Hall–Kier alpha value is -3.29. The largest absolute Gasteiger partial charge is 0.435 e. The maximum atomic E-state index is 13.0. The molecule has 0 unspecified atom stereocenters. The van der Waals surface area contributed by atoms with Crippen molar-refractivity contribution in [3.63, 3.8) is 0 Å². The van der Waals surface area contributed by atoms with Crippen LogP contribution in [0.1, 0.15) is 26.6 Å². The Kier molecular flexibility index (Phi) is 4.31. The minimum absolute atomic E-state index is 0.0284. The molecule has 1 aliphatic rings. The lowest BCUT2D eigenvalue weighted by atomic mass is 10.0. The van der Waals surface area contributed by atoms with E-state index in [-0.39, 0.29) is 23.0 Å². The first-order valence-electron chi connectivity index (χ1n) is 9.67. The van der Waals surface area contributed by atoms with Crippen LogP contribution < -0.4 is 0 Å². The number of allylic oxidation sites excluding steroid dienone is 1. The number of ketones is 2. The van der Waals surface area contributed by atoms with Gasteiger partial charge in [0.1, 0.15) is 5.76 Å². The fourth-order valence-electron chi connectivity index (χ4n) is 3.88. The molecule has 154 valence electrons. The Morgan fingerprint density at radius 1 is 0.781 bits per heavy atom. The zero-order valence-corrected chi connectivity index (χ0v) is 19.4. The molecule has 7 heteroatoms. The number of aromatic nitrogens is 1. The Labute approximate surface area is 198 Å². The quantitative estimate of drug-likeness (QED) is 0.172. The summed E-state index contributed by atoms with van der Waals surface area (Å²) in [5.74, 6) is 0.102. The second kappa shape index (κ2) is 7.12. The molecule has 0 radical (unpaired) electrons. The SMILES string of the molecule is O=C1C(=Cc2nc3oc(-c4ccccc4)cc3o2)C(=O)c2cc3cc(Br)c(Br)cc3cc21. The number of oxazole rings is 1. The summed E-state index contributed by atoms with van der Waals surface area (Å²) >= 11 is 6.95. The van der Waals surface area contributed by atoms with Crippen LogP contribution in [-0.4, -0.2) is 16.6 Å². The van der Waals surface area contributed by atoms with E-state index in [4.69, 9.17) is 8.83 Å². The normalized spacial score (nSPS) is 13.4. The molecule has 0 fully saturated rings. The smallest absolute Gasteiger partial charge is 0.266 e. The lowest BCUT2D eigenvalue weighted by Gasteiger charge is -2.04. The van der Waals surface area contributed by atoms with Crippen molar-refractivity contribution in [2.24, 2.45) is 0 Å². The van der Waals surface area contributed by atoms with Crippen LogP contribution in [0.15, 0.2) is 84.0 Å². The maximum Gasteiger partial charge on any atom is 0.266 e. The fraction of sp³-hybridized carbons (Fsp3) is 0. The van der Waals surface area contributed by atoms with Gasteiger partial charge in [-0.3, -0.25) is 9.59 Å². The number of furan rings is 1. The van der Waals surface area contributed by atoms with Crippen LogP contribution in [0.25, 0.3) is 39.5 Å². The molecule has 2 heterocycles. The summed E-state index contributed by atoms with van der Waals surface area (Å²) in [5.41, 5.74) is 2.45. The highest BCUT2D eigenvalue weighted by atomic mass is 79.9. The van der Waals surface area contributed by atoms with E-state index < -0.39 is 0 Å². The van der Waals surface area contributed by atoms with E-state index in [0.717, 1.165) is 25.3 Å². The summed E-state index contributed by atoms with van der Waals surface area (Å²) in [6.07, 6.45) is 1.39. The zero-order chi connectivity index (χ0) is 22.0. The van der Waals surface area contributed by atoms with Crippen LogP contribution in [0.4, 0.5) is 0 Å². The molecule has 0 spiro atoms. The van der Waals surface area contributed by atoms with Gasteiger partial charge < -0.3 is 8.83 Å². The number of rotatable bonds is 2. The fourth-order valence-corrected chi connectivity index (χ4v) is 4.60. The third-order valence-electron chi connectivity index (χ3n) is 5.43. The zero-order valence-electron chi connectivity index (χ0n) is 16.2. The molecule has 3 aromatic carbocycles.